The number of aliphatic carboxylic acids is 1. The van der Waals surface area contributed by atoms with Crippen molar-refractivity contribution >= 4 is 11.8 Å². The van der Waals surface area contributed by atoms with Gasteiger partial charge in [0.2, 0.25) is 5.78 Å². The van der Waals surface area contributed by atoms with E-state index in [0.717, 1.165) is 12.1 Å². The van der Waals surface area contributed by atoms with Crippen LogP contribution >= 0.6 is 0 Å². The highest BCUT2D eigenvalue weighted by Crippen LogP contribution is 2.31. The Morgan fingerprint density at radius 1 is 1.17 bits per heavy atom. The van der Waals surface area contributed by atoms with Crippen molar-refractivity contribution in [2.75, 3.05) is 0 Å². The first-order valence-corrected chi connectivity index (χ1v) is 8.03. The number of carbonyl (C=O) groups is 2. The van der Waals surface area contributed by atoms with E-state index in [1.54, 1.807) is 12.1 Å². The summed E-state index contributed by atoms with van der Waals surface area (Å²) < 4.78 is 1.85. The number of fused-ring (bicyclic) bond motifs is 1. The SMILES string of the molecule is CC(C)Cc1ccc(C(=O)c2ccc3n2CCC3C(=O)O)cc1. The summed E-state index contributed by atoms with van der Waals surface area (Å²) in [4.78, 5) is 23.9. The van der Waals surface area contributed by atoms with E-state index in [9.17, 15) is 14.7 Å². The van der Waals surface area contributed by atoms with Gasteiger partial charge in [0.25, 0.3) is 0 Å². The number of carboxylic acid groups (broad SMARTS) is 1. The summed E-state index contributed by atoms with van der Waals surface area (Å²) in [6.07, 6.45) is 1.55. The standard InChI is InChI=1S/C19H21NO3/c1-12(2)11-13-3-5-14(6-4-13)18(21)17-8-7-16-15(19(22)23)9-10-20(16)17/h3-8,12,15H,9-11H2,1-2H3,(H,22,23). The predicted octanol–water partition coefficient (Wildman–Crippen LogP) is 3.49. The molecule has 3 rings (SSSR count). The van der Waals surface area contributed by atoms with Gasteiger partial charge in [0.1, 0.15) is 0 Å². The highest BCUT2D eigenvalue weighted by molar-refractivity contribution is 6.08. The van der Waals surface area contributed by atoms with E-state index < -0.39 is 11.9 Å². The number of nitrogens with zero attached hydrogens (tertiary/aromatic N) is 1. The van der Waals surface area contributed by atoms with E-state index >= 15 is 0 Å². The van der Waals surface area contributed by atoms with Crippen LogP contribution < -0.4 is 0 Å². The first kappa shape index (κ1) is 15.5. The number of ketones is 1. The van der Waals surface area contributed by atoms with Gasteiger partial charge in [0.05, 0.1) is 11.6 Å². The Kier molecular flexibility index (Phi) is 4.07. The van der Waals surface area contributed by atoms with Crippen LogP contribution in [-0.2, 0) is 17.8 Å². The molecule has 1 atom stereocenters. The summed E-state index contributed by atoms with van der Waals surface area (Å²) in [7, 11) is 0. The molecule has 0 aliphatic carbocycles. The lowest BCUT2D eigenvalue weighted by Gasteiger charge is -2.08. The summed E-state index contributed by atoms with van der Waals surface area (Å²) >= 11 is 0. The second kappa shape index (κ2) is 6.03. The lowest BCUT2D eigenvalue weighted by atomic mass is 10.00. The van der Waals surface area contributed by atoms with Crippen LogP contribution in [0.25, 0.3) is 0 Å². The Labute approximate surface area is 135 Å². The third-order valence-corrected chi connectivity index (χ3v) is 4.40. The molecule has 0 amide bonds. The molecule has 2 aromatic rings. The van der Waals surface area contributed by atoms with Gasteiger partial charge in [-0.2, -0.15) is 0 Å². The minimum Gasteiger partial charge on any atom is -0.481 e. The van der Waals surface area contributed by atoms with Gasteiger partial charge in [-0.1, -0.05) is 38.1 Å². The molecule has 4 nitrogen and oxygen atoms in total. The highest BCUT2D eigenvalue weighted by Gasteiger charge is 2.31. The van der Waals surface area contributed by atoms with Gasteiger partial charge in [-0.3, -0.25) is 9.59 Å². The van der Waals surface area contributed by atoms with Crippen molar-refractivity contribution in [1.82, 2.24) is 4.57 Å². The molecule has 2 heterocycles. The molecule has 0 fully saturated rings. The molecule has 0 radical (unpaired) electrons. The first-order valence-electron chi connectivity index (χ1n) is 8.03. The largest absolute Gasteiger partial charge is 0.481 e. The van der Waals surface area contributed by atoms with Crippen molar-refractivity contribution in [3.05, 3.63) is 58.9 Å². The monoisotopic (exact) mass is 311 g/mol. The molecule has 4 heteroatoms. The number of rotatable bonds is 5. The molecule has 0 bridgehead atoms. The topological polar surface area (TPSA) is 59.3 Å². The van der Waals surface area contributed by atoms with Gasteiger partial charge in [-0.05, 0) is 36.5 Å². The maximum absolute atomic E-state index is 12.7. The quantitative estimate of drug-likeness (QED) is 0.860. The fourth-order valence-corrected chi connectivity index (χ4v) is 3.30. The fourth-order valence-electron chi connectivity index (χ4n) is 3.30. The summed E-state index contributed by atoms with van der Waals surface area (Å²) in [6.45, 7) is 4.93. The summed E-state index contributed by atoms with van der Waals surface area (Å²) in [5.41, 5.74) is 3.19. The molecule has 1 aromatic heterocycles. The molecule has 1 aromatic carbocycles. The zero-order valence-electron chi connectivity index (χ0n) is 13.5. The van der Waals surface area contributed by atoms with E-state index in [1.165, 1.54) is 5.56 Å². The highest BCUT2D eigenvalue weighted by atomic mass is 16.4. The summed E-state index contributed by atoms with van der Waals surface area (Å²) in [6, 6.07) is 11.2. The maximum Gasteiger partial charge on any atom is 0.312 e. The van der Waals surface area contributed by atoms with Crippen LogP contribution in [-0.4, -0.2) is 21.4 Å². The lowest BCUT2D eigenvalue weighted by molar-refractivity contribution is -0.138. The zero-order valence-corrected chi connectivity index (χ0v) is 13.5. The Balaban J connectivity index is 1.85. The second-order valence-corrected chi connectivity index (χ2v) is 6.60. The van der Waals surface area contributed by atoms with E-state index in [-0.39, 0.29) is 5.78 Å². The number of aromatic nitrogens is 1. The molecule has 0 saturated heterocycles. The van der Waals surface area contributed by atoms with Crippen molar-refractivity contribution in [2.45, 2.75) is 39.2 Å². The molecule has 1 aliphatic rings. The van der Waals surface area contributed by atoms with Crippen LogP contribution in [0.5, 0.6) is 0 Å². The maximum atomic E-state index is 12.7. The smallest absolute Gasteiger partial charge is 0.312 e. The number of carbonyl (C=O) groups excluding carboxylic acids is 1. The molecule has 0 saturated carbocycles. The molecule has 1 unspecified atom stereocenters. The number of hydrogen-bond acceptors (Lipinski definition) is 2. The predicted molar refractivity (Wildman–Crippen MR) is 87.8 cm³/mol. The van der Waals surface area contributed by atoms with Gasteiger partial charge >= 0.3 is 5.97 Å². The molecule has 23 heavy (non-hydrogen) atoms. The molecule has 0 spiro atoms. The molecule has 1 N–H and O–H groups in total. The molecular weight excluding hydrogens is 290 g/mol. The van der Waals surface area contributed by atoms with Crippen LogP contribution in [0.2, 0.25) is 0 Å². The third kappa shape index (κ3) is 2.93. The van der Waals surface area contributed by atoms with E-state index in [4.69, 9.17) is 0 Å². The van der Waals surface area contributed by atoms with Crippen LogP contribution in [0, 0.1) is 5.92 Å². The third-order valence-electron chi connectivity index (χ3n) is 4.40. The van der Waals surface area contributed by atoms with Crippen molar-refractivity contribution in [3.8, 4) is 0 Å². The van der Waals surface area contributed by atoms with E-state index in [2.05, 4.69) is 13.8 Å². The Morgan fingerprint density at radius 3 is 2.48 bits per heavy atom. The van der Waals surface area contributed by atoms with Gasteiger partial charge in [0, 0.05) is 17.8 Å². The number of hydrogen-bond donors (Lipinski definition) is 1. The lowest BCUT2D eigenvalue weighted by Crippen LogP contribution is -2.10. The summed E-state index contributed by atoms with van der Waals surface area (Å²) in [5, 5.41) is 9.23. The minimum atomic E-state index is -0.820. The van der Waals surface area contributed by atoms with Gasteiger partial charge in [0.15, 0.2) is 0 Å². The average molecular weight is 311 g/mol. The Morgan fingerprint density at radius 2 is 1.87 bits per heavy atom. The molecule has 120 valence electrons. The van der Waals surface area contributed by atoms with Crippen LogP contribution in [0.3, 0.4) is 0 Å². The minimum absolute atomic E-state index is 0.0432. The summed E-state index contributed by atoms with van der Waals surface area (Å²) in [5.74, 6) is -0.777. The van der Waals surface area contributed by atoms with E-state index in [0.29, 0.717) is 30.1 Å². The Hall–Kier alpha value is -2.36. The molecule has 1 aliphatic heterocycles. The number of carboxylic acids is 1. The van der Waals surface area contributed by atoms with Crippen LogP contribution in [0.1, 0.15) is 53.5 Å². The zero-order chi connectivity index (χ0) is 16.6. The number of benzene rings is 1. The second-order valence-electron chi connectivity index (χ2n) is 6.60. The molecular formula is C19H21NO3. The Bertz CT molecular complexity index is 740. The van der Waals surface area contributed by atoms with E-state index in [1.807, 2.05) is 28.8 Å². The fraction of sp³-hybridized carbons (Fsp3) is 0.368. The normalized spacial score (nSPS) is 16.6. The first-order chi connectivity index (χ1) is 11.0. The van der Waals surface area contributed by atoms with Crippen molar-refractivity contribution < 1.29 is 14.7 Å². The average Bonchev–Trinajstić information content (AvgIpc) is 3.07. The van der Waals surface area contributed by atoms with Gasteiger partial charge in [-0.25, -0.2) is 0 Å². The van der Waals surface area contributed by atoms with Gasteiger partial charge in [-0.15, -0.1) is 0 Å². The van der Waals surface area contributed by atoms with Crippen LogP contribution in [0.4, 0.5) is 0 Å². The van der Waals surface area contributed by atoms with Crippen molar-refractivity contribution in [3.63, 3.8) is 0 Å². The van der Waals surface area contributed by atoms with Crippen molar-refractivity contribution in [2.24, 2.45) is 5.92 Å². The van der Waals surface area contributed by atoms with Crippen molar-refractivity contribution in [1.29, 1.82) is 0 Å². The van der Waals surface area contributed by atoms with Gasteiger partial charge < -0.3 is 9.67 Å². The van der Waals surface area contributed by atoms with Crippen LogP contribution in [0.15, 0.2) is 36.4 Å².